The van der Waals surface area contributed by atoms with Gasteiger partial charge in [0.25, 0.3) is 0 Å². The van der Waals surface area contributed by atoms with Crippen molar-refractivity contribution >= 4 is 16.5 Å². The molecule has 1 heterocycles. The molecule has 1 aromatic heterocycles. The molecule has 18 heavy (non-hydrogen) atoms. The van der Waals surface area contributed by atoms with E-state index in [1.807, 2.05) is 13.1 Å². The molecule has 4 nitrogen and oxygen atoms in total. The SMILES string of the molecule is CC(N)c1cnc(N(C)CC2(N(C)C)CCC2)s1. The average molecular weight is 268 g/mol. The van der Waals surface area contributed by atoms with Gasteiger partial charge >= 0.3 is 0 Å². The lowest BCUT2D eigenvalue weighted by Crippen LogP contribution is -2.56. The normalized spacial score (nSPS) is 19.7. The zero-order chi connectivity index (χ0) is 13.3. The van der Waals surface area contributed by atoms with Gasteiger partial charge in [-0.1, -0.05) is 0 Å². The third-order valence-electron chi connectivity index (χ3n) is 4.05. The van der Waals surface area contributed by atoms with Gasteiger partial charge < -0.3 is 15.5 Å². The van der Waals surface area contributed by atoms with Gasteiger partial charge in [-0.2, -0.15) is 0 Å². The molecule has 1 fully saturated rings. The minimum Gasteiger partial charge on any atom is -0.349 e. The van der Waals surface area contributed by atoms with E-state index in [2.05, 4.69) is 35.9 Å². The number of aromatic nitrogens is 1. The van der Waals surface area contributed by atoms with Crippen molar-refractivity contribution in [3.63, 3.8) is 0 Å². The summed E-state index contributed by atoms with van der Waals surface area (Å²) < 4.78 is 0. The highest BCUT2D eigenvalue weighted by molar-refractivity contribution is 7.15. The quantitative estimate of drug-likeness (QED) is 0.888. The molecule has 1 saturated carbocycles. The molecule has 2 N–H and O–H groups in total. The minimum absolute atomic E-state index is 0.0798. The first-order valence-corrected chi connectivity index (χ1v) is 7.36. The summed E-state index contributed by atoms with van der Waals surface area (Å²) in [5.74, 6) is 0. The zero-order valence-corrected chi connectivity index (χ0v) is 12.6. The lowest BCUT2D eigenvalue weighted by Gasteiger charge is -2.49. The number of nitrogens with two attached hydrogens (primary N) is 1. The van der Waals surface area contributed by atoms with Crippen LogP contribution in [0.4, 0.5) is 5.13 Å². The molecule has 0 aliphatic heterocycles. The molecule has 102 valence electrons. The van der Waals surface area contributed by atoms with Crippen molar-refractivity contribution in [3.8, 4) is 0 Å². The fourth-order valence-electron chi connectivity index (χ4n) is 2.50. The Morgan fingerprint density at radius 2 is 2.11 bits per heavy atom. The number of hydrogen-bond acceptors (Lipinski definition) is 5. The highest BCUT2D eigenvalue weighted by Crippen LogP contribution is 2.38. The van der Waals surface area contributed by atoms with Gasteiger partial charge in [0.2, 0.25) is 0 Å². The van der Waals surface area contributed by atoms with Gasteiger partial charge in [0.1, 0.15) is 0 Å². The molecule has 0 spiro atoms. The van der Waals surface area contributed by atoms with Crippen LogP contribution >= 0.6 is 11.3 Å². The molecule has 1 aromatic rings. The van der Waals surface area contributed by atoms with Crippen molar-refractivity contribution in [3.05, 3.63) is 11.1 Å². The Hall–Kier alpha value is -0.650. The predicted molar refractivity (Wildman–Crippen MR) is 78.3 cm³/mol. The Balaban J connectivity index is 2.04. The van der Waals surface area contributed by atoms with E-state index in [0.717, 1.165) is 16.6 Å². The molecule has 5 heteroatoms. The number of thiazole rings is 1. The van der Waals surface area contributed by atoms with Gasteiger partial charge in [-0.3, -0.25) is 0 Å². The van der Waals surface area contributed by atoms with Gasteiger partial charge in [0, 0.05) is 36.2 Å². The second-order valence-corrected chi connectivity index (χ2v) is 6.70. The van der Waals surface area contributed by atoms with Crippen LogP contribution in [0.3, 0.4) is 0 Å². The maximum absolute atomic E-state index is 5.88. The van der Waals surface area contributed by atoms with E-state index in [1.165, 1.54) is 19.3 Å². The van der Waals surface area contributed by atoms with Gasteiger partial charge in [-0.05, 0) is 40.3 Å². The van der Waals surface area contributed by atoms with E-state index in [4.69, 9.17) is 5.73 Å². The summed E-state index contributed by atoms with van der Waals surface area (Å²) in [6.45, 7) is 3.05. The van der Waals surface area contributed by atoms with Crippen LogP contribution in [0.25, 0.3) is 0 Å². The van der Waals surface area contributed by atoms with Crippen LogP contribution in [0.2, 0.25) is 0 Å². The molecule has 0 radical (unpaired) electrons. The summed E-state index contributed by atoms with van der Waals surface area (Å²) in [5, 5.41) is 1.08. The Morgan fingerprint density at radius 1 is 1.44 bits per heavy atom. The maximum atomic E-state index is 5.88. The van der Waals surface area contributed by atoms with Crippen LogP contribution in [0.5, 0.6) is 0 Å². The molecular formula is C13H24N4S. The van der Waals surface area contributed by atoms with Crippen molar-refractivity contribution in [1.82, 2.24) is 9.88 Å². The van der Waals surface area contributed by atoms with Crippen LogP contribution < -0.4 is 10.6 Å². The molecule has 0 bridgehead atoms. The molecule has 2 rings (SSSR count). The number of likely N-dealkylation sites (N-methyl/N-ethyl adjacent to an activating group) is 2. The molecule has 1 aliphatic rings. The maximum Gasteiger partial charge on any atom is 0.185 e. The molecule has 1 unspecified atom stereocenters. The highest BCUT2D eigenvalue weighted by atomic mass is 32.1. The summed E-state index contributed by atoms with van der Waals surface area (Å²) in [7, 11) is 6.50. The lowest BCUT2D eigenvalue weighted by atomic mass is 9.75. The summed E-state index contributed by atoms with van der Waals surface area (Å²) in [4.78, 5) is 10.3. The fraction of sp³-hybridized carbons (Fsp3) is 0.769. The van der Waals surface area contributed by atoms with E-state index in [0.29, 0.717) is 5.54 Å². The first kappa shape index (κ1) is 13.8. The summed E-state index contributed by atoms with van der Waals surface area (Å²) >= 11 is 1.71. The van der Waals surface area contributed by atoms with E-state index >= 15 is 0 Å². The first-order chi connectivity index (χ1) is 8.44. The van der Waals surface area contributed by atoms with Gasteiger partial charge in [-0.15, -0.1) is 11.3 Å². The minimum atomic E-state index is 0.0798. The molecule has 0 aromatic carbocycles. The monoisotopic (exact) mass is 268 g/mol. The second kappa shape index (κ2) is 5.15. The number of nitrogens with zero attached hydrogens (tertiary/aromatic N) is 3. The summed E-state index contributed by atoms with van der Waals surface area (Å²) in [6, 6.07) is 0.0798. The molecule has 1 aliphatic carbocycles. The van der Waals surface area contributed by atoms with E-state index < -0.39 is 0 Å². The van der Waals surface area contributed by atoms with Crippen molar-refractivity contribution in [1.29, 1.82) is 0 Å². The average Bonchev–Trinajstić information content (AvgIpc) is 2.71. The largest absolute Gasteiger partial charge is 0.349 e. The van der Waals surface area contributed by atoms with Crippen molar-refractivity contribution in [2.75, 3.05) is 32.6 Å². The fourth-order valence-corrected chi connectivity index (χ4v) is 3.33. The van der Waals surface area contributed by atoms with Crippen LogP contribution in [-0.4, -0.2) is 43.1 Å². The van der Waals surface area contributed by atoms with Crippen molar-refractivity contribution < 1.29 is 0 Å². The lowest BCUT2D eigenvalue weighted by molar-refractivity contribution is 0.0683. The Morgan fingerprint density at radius 3 is 2.50 bits per heavy atom. The van der Waals surface area contributed by atoms with Crippen LogP contribution in [0.15, 0.2) is 6.20 Å². The van der Waals surface area contributed by atoms with Crippen molar-refractivity contribution in [2.24, 2.45) is 5.73 Å². The summed E-state index contributed by atoms with van der Waals surface area (Å²) in [6.07, 6.45) is 5.82. The van der Waals surface area contributed by atoms with Crippen LogP contribution in [0, 0.1) is 0 Å². The van der Waals surface area contributed by atoms with Gasteiger partial charge in [0.05, 0.1) is 0 Å². The van der Waals surface area contributed by atoms with Crippen LogP contribution in [0.1, 0.15) is 37.1 Å². The number of hydrogen-bond donors (Lipinski definition) is 1. The number of anilines is 1. The standard InChI is InChI=1S/C13H24N4S/c1-10(14)11-8-15-12(18-11)17(4)9-13(16(2)3)6-5-7-13/h8,10H,5-7,9,14H2,1-4H3. The Bertz CT molecular complexity index is 395. The first-order valence-electron chi connectivity index (χ1n) is 6.54. The highest BCUT2D eigenvalue weighted by Gasteiger charge is 2.40. The van der Waals surface area contributed by atoms with E-state index in [1.54, 1.807) is 11.3 Å². The number of rotatable bonds is 5. The van der Waals surface area contributed by atoms with Gasteiger partial charge in [0.15, 0.2) is 5.13 Å². The third-order valence-corrected chi connectivity index (χ3v) is 5.36. The second-order valence-electron chi connectivity index (χ2n) is 5.66. The van der Waals surface area contributed by atoms with Crippen molar-refractivity contribution in [2.45, 2.75) is 37.8 Å². The molecule has 0 amide bonds. The van der Waals surface area contributed by atoms with E-state index in [9.17, 15) is 0 Å². The van der Waals surface area contributed by atoms with Crippen LogP contribution in [-0.2, 0) is 0 Å². The molecule has 0 saturated heterocycles. The topological polar surface area (TPSA) is 45.4 Å². The zero-order valence-electron chi connectivity index (χ0n) is 11.8. The third kappa shape index (κ3) is 2.53. The molecular weight excluding hydrogens is 244 g/mol. The molecule has 1 atom stereocenters. The Labute approximate surface area is 114 Å². The Kier molecular flexibility index (Phi) is 3.94. The summed E-state index contributed by atoms with van der Waals surface area (Å²) in [5.41, 5.74) is 6.23. The smallest absolute Gasteiger partial charge is 0.185 e. The predicted octanol–water partition coefficient (Wildman–Crippen LogP) is 2.08. The van der Waals surface area contributed by atoms with E-state index in [-0.39, 0.29) is 6.04 Å². The van der Waals surface area contributed by atoms with Gasteiger partial charge in [-0.25, -0.2) is 4.98 Å².